The quantitative estimate of drug-likeness (QED) is 0.570. The summed E-state index contributed by atoms with van der Waals surface area (Å²) in [5.41, 5.74) is 0. The molecule has 0 aliphatic carbocycles. The van der Waals surface area contributed by atoms with Crippen molar-refractivity contribution in [1.82, 2.24) is 3.88 Å². The van der Waals surface area contributed by atoms with Crippen LogP contribution in [0.15, 0.2) is 0 Å². The van der Waals surface area contributed by atoms with Crippen LogP contribution < -0.4 is 3.88 Å². The van der Waals surface area contributed by atoms with Gasteiger partial charge in [-0.2, -0.15) is 8.42 Å². The predicted molar refractivity (Wildman–Crippen MR) is 32.4 cm³/mol. The molecule has 0 rings (SSSR count). The van der Waals surface area contributed by atoms with Gasteiger partial charge in [0.05, 0.1) is 0 Å². The second-order valence-corrected chi connectivity index (χ2v) is 3.25. The average molecular weight is 351 g/mol. The van der Waals surface area contributed by atoms with Gasteiger partial charge in [0.1, 0.15) is 0 Å². The van der Waals surface area contributed by atoms with Crippen LogP contribution in [0.1, 0.15) is 13.8 Å². The molecular weight excluding hydrogens is 341 g/mol. The van der Waals surface area contributed by atoms with E-state index >= 15 is 0 Å². The van der Waals surface area contributed by atoms with E-state index in [4.69, 9.17) is 17.5 Å². The van der Waals surface area contributed by atoms with Crippen LogP contribution in [0.5, 0.6) is 0 Å². The van der Waals surface area contributed by atoms with Gasteiger partial charge >= 0.3 is 54.2 Å². The first kappa shape index (κ1) is 13.1. The number of hydrogen-bond donors (Lipinski definition) is 3. The molecule has 0 spiro atoms. The van der Waals surface area contributed by atoms with Crippen LogP contribution in [0.2, 0.25) is 0 Å². The third-order valence-electron chi connectivity index (χ3n) is 0.183. The van der Waals surface area contributed by atoms with Gasteiger partial charge in [0, 0.05) is 0 Å². The molecule has 0 atom stereocenters. The Kier molecular flexibility index (Phi) is 8.20. The number of rotatable bonds is 1. The topological polar surface area (TPSA) is 86.6 Å². The first-order valence-corrected chi connectivity index (χ1v) is 4.83. The van der Waals surface area contributed by atoms with Crippen molar-refractivity contribution in [2.75, 3.05) is 0 Å². The summed E-state index contributed by atoms with van der Waals surface area (Å²) in [5.74, 6) is 0. The maximum Gasteiger partial charge on any atom is 0.394 e. The molecule has 0 amide bonds. The van der Waals surface area contributed by atoms with Gasteiger partial charge in [-0.3, -0.25) is 9.11 Å². The molecule has 67 valence electrons. The Morgan fingerprint density at radius 2 is 1.50 bits per heavy atom. The summed E-state index contributed by atoms with van der Waals surface area (Å²) in [6.45, 7) is 4.21. The van der Waals surface area contributed by atoms with Crippen molar-refractivity contribution in [3.8, 4) is 0 Å². The van der Waals surface area contributed by atoms with Crippen LogP contribution in [-0.2, 0) is 30.5 Å². The minimum absolute atomic E-state index is 0.622. The van der Waals surface area contributed by atoms with E-state index in [1.54, 1.807) is 0 Å². The van der Waals surface area contributed by atoms with E-state index in [2.05, 4.69) is 37.8 Å². The molecule has 3 N–H and O–H groups in total. The van der Waals surface area contributed by atoms with Crippen molar-refractivity contribution >= 4 is 10.4 Å². The van der Waals surface area contributed by atoms with Crippen LogP contribution in [0, 0.1) is 0 Å². The van der Waals surface area contributed by atoms with Gasteiger partial charge in [0.2, 0.25) is 0 Å². The fraction of sp³-hybridized carbons (Fsp3) is 1.00. The molecular formula is C3H10NO4PtS. The zero-order chi connectivity index (χ0) is 8.78. The molecule has 0 aromatic rings. The molecule has 0 aromatic carbocycles. The second kappa shape index (κ2) is 6.24. The van der Waals surface area contributed by atoms with E-state index in [-0.39, 0.29) is 0 Å². The van der Waals surface area contributed by atoms with Crippen LogP contribution in [0.4, 0.5) is 0 Å². The predicted octanol–water partition coefficient (Wildman–Crippen LogP) is -0.207. The molecule has 0 unspecified atom stereocenters. The average Bonchev–Trinajstić information content (AvgIpc) is 1.61. The van der Waals surface area contributed by atoms with Crippen molar-refractivity contribution in [3.05, 3.63) is 0 Å². The summed E-state index contributed by atoms with van der Waals surface area (Å²) in [6.07, 6.45) is 0. The Bertz CT molecular complexity index is 146. The van der Waals surface area contributed by atoms with Gasteiger partial charge < -0.3 is 0 Å². The molecule has 0 radical (unpaired) electrons. The monoisotopic (exact) mass is 351 g/mol. The van der Waals surface area contributed by atoms with Crippen LogP contribution in [-0.4, -0.2) is 23.6 Å². The molecule has 10 heavy (non-hydrogen) atoms. The molecule has 5 nitrogen and oxygen atoms in total. The Morgan fingerprint density at radius 1 is 1.40 bits per heavy atom. The minimum Gasteiger partial charge on any atom is -0.264 e. The number of nitrogens with one attached hydrogen (secondary N) is 1. The van der Waals surface area contributed by atoms with E-state index in [1.807, 2.05) is 0 Å². The molecule has 0 fully saturated rings. The molecule has 0 saturated heterocycles. The van der Waals surface area contributed by atoms with Crippen molar-refractivity contribution in [3.63, 3.8) is 0 Å². The van der Waals surface area contributed by atoms with Crippen molar-refractivity contribution < 1.29 is 37.6 Å². The third kappa shape index (κ3) is 75.9. The zero-order valence-corrected chi connectivity index (χ0v) is 8.60. The third-order valence-corrected chi connectivity index (χ3v) is 1.49. The largest absolute Gasteiger partial charge is 0.394 e. The van der Waals surface area contributed by atoms with Gasteiger partial charge in [0.15, 0.2) is 0 Å². The maximum atomic E-state index is 8.74. The first-order valence-electron chi connectivity index (χ1n) is 2.30. The van der Waals surface area contributed by atoms with Gasteiger partial charge in [-0.1, -0.05) is 0 Å². The van der Waals surface area contributed by atoms with Crippen LogP contribution >= 0.6 is 0 Å². The SMILES string of the molecule is CC(C)[NH][Pt].O=S(=O)(O)O. The van der Waals surface area contributed by atoms with E-state index in [0.717, 1.165) is 0 Å². The van der Waals surface area contributed by atoms with Crippen LogP contribution in [0.25, 0.3) is 0 Å². The maximum absolute atomic E-state index is 8.74. The van der Waals surface area contributed by atoms with E-state index in [0.29, 0.717) is 6.04 Å². The van der Waals surface area contributed by atoms with Gasteiger partial charge in [-0.25, -0.2) is 0 Å². The molecule has 0 bridgehead atoms. The fourth-order valence-electron chi connectivity index (χ4n) is 0. The molecule has 0 saturated carbocycles. The Morgan fingerprint density at radius 3 is 1.50 bits per heavy atom. The molecule has 0 aliphatic rings. The van der Waals surface area contributed by atoms with Crippen LogP contribution in [0.3, 0.4) is 0 Å². The van der Waals surface area contributed by atoms with Crippen molar-refractivity contribution in [2.45, 2.75) is 19.9 Å². The first-order chi connectivity index (χ1) is 4.27. The van der Waals surface area contributed by atoms with E-state index in [1.165, 1.54) is 0 Å². The van der Waals surface area contributed by atoms with Gasteiger partial charge in [-0.15, -0.1) is 0 Å². The minimum atomic E-state index is -4.67. The van der Waals surface area contributed by atoms with Gasteiger partial charge in [-0.05, 0) is 0 Å². The van der Waals surface area contributed by atoms with E-state index in [9.17, 15) is 0 Å². The Hall–Kier alpha value is 0.518. The van der Waals surface area contributed by atoms with Gasteiger partial charge in [0.25, 0.3) is 0 Å². The smallest absolute Gasteiger partial charge is 0.264 e. The summed E-state index contributed by atoms with van der Waals surface area (Å²) in [5, 5.41) is 0. The fourth-order valence-corrected chi connectivity index (χ4v) is 0. The second-order valence-electron chi connectivity index (χ2n) is 1.69. The zero-order valence-electron chi connectivity index (χ0n) is 5.51. The summed E-state index contributed by atoms with van der Waals surface area (Å²) >= 11 is 2.11. The Balaban J connectivity index is 0. The summed E-state index contributed by atoms with van der Waals surface area (Å²) in [4.78, 5) is 0. The van der Waals surface area contributed by atoms with Crippen molar-refractivity contribution in [1.29, 1.82) is 0 Å². The molecule has 0 heterocycles. The normalized spacial score (nSPS) is 10.7. The van der Waals surface area contributed by atoms with Crippen molar-refractivity contribution in [2.24, 2.45) is 0 Å². The molecule has 0 aromatic heterocycles. The van der Waals surface area contributed by atoms with E-state index < -0.39 is 10.4 Å². The molecule has 7 heteroatoms. The Labute approximate surface area is 72.0 Å². The number of hydrogen-bond acceptors (Lipinski definition) is 3. The standard InChI is InChI=1S/C3H8N.H2O4S.Pt/c1-3(2)4;1-5(2,3)4;/h3-4H,1-2H3;(H2,1,2,3,4);/q-1;;+1. The summed E-state index contributed by atoms with van der Waals surface area (Å²) in [7, 11) is -4.67. The molecule has 0 aliphatic heterocycles. The summed E-state index contributed by atoms with van der Waals surface area (Å²) in [6, 6.07) is 0.622. The summed E-state index contributed by atoms with van der Waals surface area (Å²) < 4.78 is 34.6.